The molecule has 0 fully saturated rings. The SMILES string of the molecule is Cc1ccc(C#N)cc1NC(C)c1cc(F)cc(F)c1. The molecule has 0 saturated carbocycles. The zero-order valence-corrected chi connectivity index (χ0v) is 11.2. The van der Waals surface area contributed by atoms with E-state index in [4.69, 9.17) is 5.26 Å². The lowest BCUT2D eigenvalue weighted by Gasteiger charge is -2.18. The second-order valence-electron chi connectivity index (χ2n) is 4.71. The molecular formula is C16H14F2N2. The molecule has 0 radical (unpaired) electrons. The fourth-order valence-electron chi connectivity index (χ4n) is 1.99. The van der Waals surface area contributed by atoms with E-state index in [1.807, 2.05) is 19.9 Å². The highest BCUT2D eigenvalue weighted by atomic mass is 19.1. The molecule has 0 aliphatic heterocycles. The highest BCUT2D eigenvalue weighted by Crippen LogP contribution is 2.24. The lowest BCUT2D eigenvalue weighted by atomic mass is 10.1. The molecule has 0 bridgehead atoms. The van der Waals surface area contributed by atoms with Crippen LogP contribution in [0.1, 0.15) is 29.7 Å². The van der Waals surface area contributed by atoms with Crippen molar-refractivity contribution in [3.8, 4) is 6.07 Å². The fourth-order valence-corrected chi connectivity index (χ4v) is 1.99. The van der Waals surface area contributed by atoms with Crippen molar-refractivity contribution in [1.29, 1.82) is 5.26 Å². The second-order valence-corrected chi connectivity index (χ2v) is 4.71. The van der Waals surface area contributed by atoms with Crippen LogP contribution in [-0.2, 0) is 0 Å². The number of rotatable bonds is 3. The van der Waals surface area contributed by atoms with Crippen molar-refractivity contribution in [2.45, 2.75) is 19.9 Å². The summed E-state index contributed by atoms with van der Waals surface area (Å²) >= 11 is 0. The number of halogens is 2. The van der Waals surface area contributed by atoms with Crippen LogP contribution < -0.4 is 5.32 Å². The van der Waals surface area contributed by atoms with Gasteiger partial charge in [0.15, 0.2) is 0 Å². The van der Waals surface area contributed by atoms with Gasteiger partial charge in [0.25, 0.3) is 0 Å². The van der Waals surface area contributed by atoms with E-state index in [0.29, 0.717) is 11.1 Å². The molecule has 1 atom stereocenters. The Morgan fingerprint density at radius 2 is 1.75 bits per heavy atom. The molecule has 2 aromatic carbocycles. The summed E-state index contributed by atoms with van der Waals surface area (Å²) in [5.41, 5.74) is 2.80. The first-order valence-electron chi connectivity index (χ1n) is 6.23. The van der Waals surface area contributed by atoms with E-state index < -0.39 is 11.6 Å². The van der Waals surface area contributed by atoms with Crippen molar-refractivity contribution in [3.63, 3.8) is 0 Å². The molecule has 20 heavy (non-hydrogen) atoms. The maximum Gasteiger partial charge on any atom is 0.126 e. The van der Waals surface area contributed by atoms with Gasteiger partial charge in [0, 0.05) is 17.8 Å². The van der Waals surface area contributed by atoms with Crippen LogP contribution in [0.15, 0.2) is 36.4 Å². The molecule has 0 saturated heterocycles. The minimum atomic E-state index is -0.601. The van der Waals surface area contributed by atoms with E-state index in [0.717, 1.165) is 17.3 Å². The Morgan fingerprint density at radius 3 is 2.35 bits per heavy atom. The third-order valence-electron chi connectivity index (χ3n) is 3.12. The minimum Gasteiger partial charge on any atom is -0.378 e. The molecule has 0 amide bonds. The lowest BCUT2D eigenvalue weighted by Crippen LogP contribution is -2.08. The first-order valence-corrected chi connectivity index (χ1v) is 6.23. The van der Waals surface area contributed by atoms with E-state index in [9.17, 15) is 8.78 Å². The lowest BCUT2D eigenvalue weighted by molar-refractivity contribution is 0.577. The smallest absolute Gasteiger partial charge is 0.126 e. The van der Waals surface area contributed by atoms with Crippen molar-refractivity contribution in [2.24, 2.45) is 0 Å². The molecule has 1 N–H and O–H groups in total. The summed E-state index contributed by atoms with van der Waals surface area (Å²) in [5, 5.41) is 12.1. The van der Waals surface area contributed by atoms with Gasteiger partial charge in [-0.1, -0.05) is 6.07 Å². The van der Waals surface area contributed by atoms with Crippen LogP contribution in [0.25, 0.3) is 0 Å². The maximum atomic E-state index is 13.2. The topological polar surface area (TPSA) is 35.8 Å². The number of aryl methyl sites for hydroxylation is 1. The zero-order chi connectivity index (χ0) is 14.7. The van der Waals surface area contributed by atoms with Gasteiger partial charge in [-0.3, -0.25) is 0 Å². The first-order chi connectivity index (χ1) is 9.49. The first kappa shape index (κ1) is 14.0. The Labute approximate surface area is 116 Å². The number of hydrogen-bond acceptors (Lipinski definition) is 2. The molecule has 0 aliphatic rings. The molecule has 0 heterocycles. The molecule has 0 aliphatic carbocycles. The number of hydrogen-bond donors (Lipinski definition) is 1. The van der Waals surface area contributed by atoms with Gasteiger partial charge in [-0.05, 0) is 49.2 Å². The summed E-state index contributed by atoms with van der Waals surface area (Å²) in [7, 11) is 0. The second kappa shape index (κ2) is 5.70. The maximum absolute atomic E-state index is 13.2. The standard InChI is InChI=1S/C16H14F2N2/c1-10-3-4-12(9-19)5-16(10)20-11(2)13-6-14(17)8-15(18)7-13/h3-8,11,20H,1-2H3. The Hall–Kier alpha value is -2.41. The van der Waals surface area contributed by atoms with Crippen LogP contribution in [0.2, 0.25) is 0 Å². The summed E-state index contributed by atoms with van der Waals surface area (Å²) in [6, 6.07) is 10.5. The highest BCUT2D eigenvalue weighted by molar-refractivity contribution is 5.56. The van der Waals surface area contributed by atoms with Gasteiger partial charge < -0.3 is 5.32 Å². The molecule has 2 nitrogen and oxygen atoms in total. The van der Waals surface area contributed by atoms with E-state index in [2.05, 4.69) is 11.4 Å². The molecule has 2 rings (SSSR count). The molecule has 1 unspecified atom stereocenters. The van der Waals surface area contributed by atoms with Gasteiger partial charge in [0.1, 0.15) is 11.6 Å². The van der Waals surface area contributed by atoms with Crippen molar-refractivity contribution in [2.75, 3.05) is 5.32 Å². The van der Waals surface area contributed by atoms with Crippen molar-refractivity contribution >= 4 is 5.69 Å². The van der Waals surface area contributed by atoms with Crippen LogP contribution >= 0.6 is 0 Å². The number of nitrogens with one attached hydrogen (secondary N) is 1. The van der Waals surface area contributed by atoms with Crippen molar-refractivity contribution in [1.82, 2.24) is 0 Å². The summed E-state index contributed by atoms with van der Waals surface area (Å²) in [6.45, 7) is 3.72. The van der Waals surface area contributed by atoms with E-state index in [1.54, 1.807) is 12.1 Å². The quantitative estimate of drug-likeness (QED) is 0.903. The van der Waals surface area contributed by atoms with Crippen LogP contribution in [0, 0.1) is 29.9 Å². The molecule has 2 aromatic rings. The minimum absolute atomic E-state index is 0.271. The van der Waals surface area contributed by atoms with Crippen LogP contribution in [0.3, 0.4) is 0 Å². The molecule has 102 valence electrons. The van der Waals surface area contributed by atoms with Crippen molar-refractivity contribution < 1.29 is 8.78 Å². The normalized spacial score (nSPS) is 11.8. The number of nitriles is 1. The number of benzene rings is 2. The van der Waals surface area contributed by atoms with Crippen molar-refractivity contribution in [3.05, 3.63) is 64.7 Å². The zero-order valence-electron chi connectivity index (χ0n) is 11.2. The van der Waals surface area contributed by atoms with Gasteiger partial charge in [0.2, 0.25) is 0 Å². The Kier molecular flexibility index (Phi) is 3.99. The Morgan fingerprint density at radius 1 is 1.10 bits per heavy atom. The fraction of sp³-hybridized carbons (Fsp3) is 0.188. The molecule has 4 heteroatoms. The average Bonchev–Trinajstić information content (AvgIpc) is 2.40. The molecular weight excluding hydrogens is 258 g/mol. The largest absolute Gasteiger partial charge is 0.378 e. The van der Waals surface area contributed by atoms with Gasteiger partial charge in [0.05, 0.1) is 11.6 Å². The average molecular weight is 272 g/mol. The van der Waals surface area contributed by atoms with Crippen LogP contribution in [-0.4, -0.2) is 0 Å². The summed E-state index contributed by atoms with van der Waals surface area (Å²) in [6.07, 6.45) is 0. The van der Waals surface area contributed by atoms with Crippen LogP contribution in [0.5, 0.6) is 0 Å². The van der Waals surface area contributed by atoms with Gasteiger partial charge in [-0.2, -0.15) is 5.26 Å². The number of nitrogens with zero attached hydrogens (tertiary/aromatic N) is 1. The number of anilines is 1. The Balaban J connectivity index is 2.27. The third kappa shape index (κ3) is 3.12. The van der Waals surface area contributed by atoms with E-state index in [1.165, 1.54) is 12.1 Å². The summed E-state index contributed by atoms with van der Waals surface area (Å²) in [4.78, 5) is 0. The van der Waals surface area contributed by atoms with E-state index in [-0.39, 0.29) is 6.04 Å². The van der Waals surface area contributed by atoms with E-state index >= 15 is 0 Å². The van der Waals surface area contributed by atoms with Crippen LogP contribution in [0.4, 0.5) is 14.5 Å². The highest BCUT2D eigenvalue weighted by Gasteiger charge is 2.10. The monoisotopic (exact) mass is 272 g/mol. The Bertz CT molecular complexity index is 654. The van der Waals surface area contributed by atoms with Gasteiger partial charge >= 0.3 is 0 Å². The molecule has 0 aromatic heterocycles. The summed E-state index contributed by atoms with van der Waals surface area (Å²) < 4.78 is 26.4. The summed E-state index contributed by atoms with van der Waals surface area (Å²) in [5.74, 6) is -1.20. The van der Waals surface area contributed by atoms with Gasteiger partial charge in [-0.25, -0.2) is 8.78 Å². The predicted octanol–water partition coefficient (Wildman–Crippen LogP) is 4.32. The van der Waals surface area contributed by atoms with Gasteiger partial charge in [-0.15, -0.1) is 0 Å². The third-order valence-corrected chi connectivity index (χ3v) is 3.12. The predicted molar refractivity (Wildman–Crippen MR) is 74.3 cm³/mol. The molecule has 0 spiro atoms.